The first-order chi connectivity index (χ1) is 8.85. The van der Waals surface area contributed by atoms with Crippen LogP contribution in [0.15, 0.2) is 53.4 Å². The highest BCUT2D eigenvalue weighted by atomic mass is 32.2. The highest BCUT2D eigenvalue weighted by molar-refractivity contribution is 7.98. The van der Waals surface area contributed by atoms with Gasteiger partial charge in [-0.1, -0.05) is 12.1 Å². The molecule has 0 aliphatic rings. The molecule has 0 spiro atoms. The number of nitrogens with one attached hydrogen (secondary N) is 2. The van der Waals surface area contributed by atoms with Crippen molar-refractivity contribution in [3.63, 3.8) is 0 Å². The SMILES string of the molecule is CSc1ccc(Nc2nc3ccccc3[nH]2)cc1. The number of nitrogens with zero attached hydrogens (tertiary/aromatic N) is 1. The number of rotatable bonds is 3. The quantitative estimate of drug-likeness (QED) is 0.694. The molecule has 0 saturated heterocycles. The second kappa shape index (κ2) is 4.74. The lowest BCUT2D eigenvalue weighted by atomic mass is 10.3. The Balaban J connectivity index is 1.86. The van der Waals surface area contributed by atoms with Gasteiger partial charge in [-0.25, -0.2) is 4.98 Å². The summed E-state index contributed by atoms with van der Waals surface area (Å²) < 4.78 is 0. The number of aromatic amines is 1. The van der Waals surface area contributed by atoms with Gasteiger partial charge in [-0.3, -0.25) is 0 Å². The van der Waals surface area contributed by atoms with Crippen LogP contribution in [0.1, 0.15) is 0 Å². The smallest absolute Gasteiger partial charge is 0.205 e. The van der Waals surface area contributed by atoms with Crippen LogP contribution in [0.4, 0.5) is 11.6 Å². The van der Waals surface area contributed by atoms with Gasteiger partial charge in [0.05, 0.1) is 11.0 Å². The molecule has 0 atom stereocenters. The molecule has 1 aromatic heterocycles. The summed E-state index contributed by atoms with van der Waals surface area (Å²) in [4.78, 5) is 8.98. The summed E-state index contributed by atoms with van der Waals surface area (Å²) in [7, 11) is 0. The first-order valence-electron chi connectivity index (χ1n) is 5.71. The van der Waals surface area contributed by atoms with Crippen LogP contribution in [0.5, 0.6) is 0 Å². The van der Waals surface area contributed by atoms with Crippen molar-refractivity contribution < 1.29 is 0 Å². The number of H-pyrrole nitrogens is 1. The van der Waals surface area contributed by atoms with Crippen LogP contribution in [0.25, 0.3) is 11.0 Å². The Morgan fingerprint density at radius 1 is 1.06 bits per heavy atom. The molecule has 3 aromatic rings. The number of fused-ring (bicyclic) bond motifs is 1. The molecule has 2 aromatic carbocycles. The van der Waals surface area contributed by atoms with Crippen LogP contribution in [0.3, 0.4) is 0 Å². The largest absolute Gasteiger partial charge is 0.326 e. The number of para-hydroxylation sites is 2. The topological polar surface area (TPSA) is 40.7 Å². The predicted octanol–water partition coefficient (Wildman–Crippen LogP) is 4.03. The molecule has 1 heterocycles. The summed E-state index contributed by atoms with van der Waals surface area (Å²) >= 11 is 1.74. The zero-order valence-corrected chi connectivity index (χ0v) is 10.8. The van der Waals surface area contributed by atoms with E-state index in [9.17, 15) is 0 Å². The Morgan fingerprint density at radius 2 is 1.83 bits per heavy atom. The maximum absolute atomic E-state index is 4.48. The Labute approximate surface area is 110 Å². The van der Waals surface area contributed by atoms with Crippen LogP contribution in [0.2, 0.25) is 0 Å². The number of imidazole rings is 1. The number of aromatic nitrogens is 2. The van der Waals surface area contributed by atoms with Gasteiger partial charge in [0.1, 0.15) is 0 Å². The molecule has 4 heteroatoms. The van der Waals surface area contributed by atoms with Gasteiger partial charge in [0, 0.05) is 10.6 Å². The summed E-state index contributed by atoms with van der Waals surface area (Å²) in [5, 5.41) is 3.27. The summed E-state index contributed by atoms with van der Waals surface area (Å²) in [6.07, 6.45) is 2.07. The Hall–Kier alpha value is -1.94. The second-order valence-corrected chi connectivity index (χ2v) is 4.84. The van der Waals surface area contributed by atoms with Gasteiger partial charge < -0.3 is 10.3 Å². The van der Waals surface area contributed by atoms with Crippen molar-refractivity contribution in [3.05, 3.63) is 48.5 Å². The fourth-order valence-electron chi connectivity index (χ4n) is 1.82. The molecule has 0 aliphatic heterocycles. The van der Waals surface area contributed by atoms with Crippen LogP contribution < -0.4 is 5.32 Å². The number of hydrogen-bond donors (Lipinski definition) is 2. The highest BCUT2D eigenvalue weighted by Crippen LogP contribution is 2.21. The monoisotopic (exact) mass is 255 g/mol. The Morgan fingerprint density at radius 3 is 2.56 bits per heavy atom. The minimum atomic E-state index is 0.771. The molecule has 0 bridgehead atoms. The van der Waals surface area contributed by atoms with E-state index in [0.717, 1.165) is 22.7 Å². The van der Waals surface area contributed by atoms with Crippen LogP contribution >= 0.6 is 11.8 Å². The highest BCUT2D eigenvalue weighted by Gasteiger charge is 2.01. The minimum Gasteiger partial charge on any atom is -0.326 e. The molecular weight excluding hydrogens is 242 g/mol. The van der Waals surface area contributed by atoms with E-state index in [1.807, 2.05) is 24.3 Å². The maximum Gasteiger partial charge on any atom is 0.205 e. The number of hydrogen-bond acceptors (Lipinski definition) is 3. The van der Waals surface area contributed by atoms with E-state index >= 15 is 0 Å². The molecule has 18 heavy (non-hydrogen) atoms. The zero-order valence-electron chi connectivity index (χ0n) is 9.97. The lowest BCUT2D eigenvalue weighted by molar-refractivity contribution is 1.30. The van der Waals surface area contributed by atoms with E-state index in [4.69, 9.17) is 0 Å². The molecular formula is C14H13N3S. The molecule has 0 aliphatic carbocycles. The average Bonchev–Trinajstić information content (AvgIpc) is 2.82. The van der Waals surface area contributed by atoms with Crippen molar-refractivity contribution >= 4 is 34.4 Å². The normalized spacial score (nSPS) is 10.7. The lowest BCUT2D eigenvalue weighted by Crippen LogP contribution is -1.91. The van der Waals surface area contributed by atoms with Crippen molar-refractivity contribution in [2.45, 2.75) is 4.90 Å². The lowest BCUT2D eigenvalue weighted by Gasteiger charge is -2.03. The number of anilines is 2. The third kappa shape index (κ3) is 2.19. The van der Waals surface area contributed by atoms with Gasteiger partial charge in [-0.2, -0.15) is 0 Å². The molecule has 3 rings (SSSR count). The van der Waals surface area contributed by atoms with Gasteiger partial charge in [0.25, 0.3) is 0 Å². The van der Waals surface area contributed by atoms with E-state index in [-0.39, 0.29) is 0 Å². The van der Waals surface area contributed by atoms with Gasteiger partial charge in [-0.05, 0) is 42.7 Å². The van der Waals surface area contributed by atoms with Crippen molar-refractivity contribution in [3.8, 4) is 0 Å². The van der Waals surface area contributed by atoms with Crippen LogP contribution in [-0.4, -0.2) is 16.2 Å². The summed E-state index contributed by atoms with van der Waals surface area (Å²) in [6, 6.07) is 16.3. The Kier molecular flexibility index (Phi) is 2.94. The second-order valence-electron chi connectivity index (χ2n) is 3.96. The van der Waals surface area contributed by atoms with E-state index < -0.39 is 0 Å². The molecule has 0 saturated carbocycles. The van der Waals surface area contributed by atoms with Crippen molar-refractivity contribution in [2.24, 2.45) is 0 Å². The van der Waals surface area contributed by atoms with Gasteiger partial charge in [0.2, 0.25) is 5.95 Å². The van der Waals surface area contributed by atoms with Crippen molar-refractivity contribution in [1.82, 2.24) is 9.97 Å². The predicted molar refractivity (Wildman–Crippen MR) is 77.6 cm³/mol. The molecule has 3 nitrogen and oxygen atoms in total. The third-order valence-electron chi connectivity index (χ3n) is 2.74. The molecule has 0 fully saturated rings. The summed E-state index contributed by atoms with van der Waals surface area (Å²) in [5.41, 5.74) is 3.05. The van der Waals surface area contributed by atoms with E-state index in [1.54, 1.807) is 11.8 Å². The van der Waals surface area contributed by atoms with E-state index in [0.29, 0.717) is 0 Å². The fraction of sp³-hybridized carbons (Fsp3) is 0.0714. The molecule has 0 amide bonds. The van der Waals surface area contributed by atoms with Gasteiger partial charge in [-0.15, -0.1) is 11.8 Å². The first kappa shape index (κ1) is 11.2. The Bertz CT molecular complexity index is 625. The molecule has 0 unspecified atom stereocenters. The zero-order chi connectivity index (χ0) is 12.4. The fourth-order valence-corrected chi connectivity index (χ4v) is 2.23. The average molecular weight is 255 g/mol. The summed E-state index contributed by atoms with van der Waals surface area (Å²) in [6.45, 7) is 0. The first-order valence-corrected chi connectivity index (χ1v) is 6.93. The van der Waals surface area contributed by atoms with Crippen molar-refractivity contribution in [1.29, 1.82) is 0 Å². The van der Waals surface area contributed by atoms with Crippen LogP contribution in [-0.2, 0) is 0 Å². The minimum absolute atomic E-state index is 0.771. The molecule has 2 N–H and O–H groups in total. The van der Waals surface area contributed by atoms with Gasteiger partial charge in [0.15, 0.2) is 0 Å². The van der Waals surface area contributed by atoms with Crippen molar-refractivity contribution in [2.75, 3.05) is 11.6 Å². The van der Waals surface area contributed by atoms with Crippen LogP contribution in [0, 0.1) is 0 Å². The maximum atomic E-state index is 4.48. The summed E-state index contributed by atoms with van der Waals surface area (Å²) in [5.74, 6) is 0.771. The molecule has 90 valence electrons. The standard InChI is InChI=1S/C14H13N3S/c1-18-11-8-6-10(7-9-11)15-14-16-12-4-2-3-5-13(12)17-14/h2-9H,1H3,(H2,15,16,17). The van der Waals surface area contributed by atoms with E-state index in [2.05, 4.69) is 45.8 Å². The van der Waals surface area contributed by atoms with E-state index in [1.165, 1.54) is 4.90 Å². The number of benzene rings is 2. The number of thioether (sulfide) groups is 1. The molecule has 0 radical (unpaired) electrons. The van der Waals surface area contributed by atoms with Gasteiger partial charge >= 0.3 is 0 Å². The third-order valence-corrected chi connectivity index (χ3v) is 3.49.